The van der Waals surface area contributed by atoms with Crippen LogP contribution in [0.15, 0.2) is 48.7 Å². The molecule has 106 valence electrons. The van der Waals surface area contributed by atoms with Gasteiger partial charge in [-0.25, -0.2) is 0 Å². The van der Waals surface area contributed by atoms with E-state index >= 15 is 0 Å². The topological polar surface area (TPSA) is 58.1 Å². The lowest BCUT2D eigenvalue weighted by Gasteiger charge is -2.08. The van der Waals surface area contributed by atoms with Crippen LogP contribution in [0, 0.1) is 0 Å². The molecule has 2 N–H and O–H groups in total. The van der Waals surface area contributed by atoms with E-state index in [1.54, 1.807) is 31.5 Å². The lowest BCUT2D eigenvalue weighted by Crippen LogP contribution is -1.86. The lowest BCUT2D eigenvalue weighted by molar-refractivity contribution is 0.412. The Bertz CT molecular complexity index is 766. The number of benzene rings is 2. The fraction of sp³-hybridized carbons (Fsp3) is 0.0625. The van der Waals surface area contributed by atoms with Crippen LogP contribution >= 0.6 is 11.6 Å². The highest BCUT2D eigenvalue weighted by molar-refractivity contribution is 6.30. The number of phenolic OH excluding ortho intramolecular Hbond substituents is 1. The standard InChI is InChI=1S/C16H13ClN2O2/c1-21-12-6-7-15(20)13(8-12)14-9-18-19-16(14)10-2-4-11(17)5-3-10/h2-9,20H,1H3,(H,18,19). The lowest BCUT2D eigenvalue weighted by atomic mass is 10.0. The minimum Gasteiger partial charge on any atom is -0.507 e. The molecule has 2 aromatic carbocycles. The molecule has 0 saturated carbocycles. The van der Waals surface area contributed by atoms with Gasteiger partial charge < -0.3 is 9.84 Å². The van der Waals surface area contributed by atoms with Gasteiger partial charge in [-0.1, -0.05) is 23.7 Å². The second kappa shape index (κ2) is 5.50. The van der Waals surface area contributed by atoms with Gasteiger partial charge in [0.2, 0.25) is 0 Å². The fourth-order valence-electron chi connectivity index (χ4n) is 2.18. The monoisotopic (exact) mass is 300 g/mol. The Morgan fingerprint density at radius 3 is 2.57 bits per heavy atom. The largest absolute Gasteiger partial charge is 0.507 e. The molecule has 0 aliphatic rings. The number of ether oxygens (including phenoxy) is 1. The van der Waals surface area contributed by atoms with Crippen LogP contribution in [-0.2, 0) is 0 Å². The molecule has 0 amide bonds. The third-order valence-electron chi connectivity index (χ3n) is 3.27. The van der Waals surface area contributed by atoms with Gasteiger partial charge in [0, 0.05) is 21.7 Å². The van der Waals surface area contributed by atoms with Crippen molar-refractivity contribution in [1.29, 1.82) is 0 Å². The van der Waals surface area contributed by atoms with Gasteiger partial charge in [0.15, 0.2) is 0 Å². The van der Waals surface area contributed by atoms with Crippen molar-refractivity contribution in [3.05, 3.63) is 53.7 Å². The van der Waals surface area contributed by atoms with Gasteiger partial charge in [-0.3, -0.25) is 5.10 Å². The molecule has 0 aliphatic carbocycles. The van der Waals surface area contributed by atoms with Crippen LogP contribution in [-0.4, -0.2) is 22.4 Å². The third kappa shape index (κ3) is 2.58. The Labute approximate surface area is 127 Å². The maximum Gasteiger partial charge on any atom is 0.123 e. The van der Waals surface area contributed by atoms with Crippen molar-refractivity contribution in [3.63, 3.8) is 0 Å². The Balaban J connectivity index is 2.13. The second-order valence-corrected chi connectivity index (χ2v) is 4.99. The van der Waals surface area contributed by atoms with Crippen LogP contribution in [0.4, 0.5) is 0 Å². The third-order valence-corrected chi connectivity index (χ3v) is 3.52. The van der Waals surface area contributed by atoms with Crippen LogP contribution in [0.5, 0.6) is 11.5 Å². The van der Waals surface area contributed by atoms with Gasteiger partial charge in [0.05, 0.1) is 19.0 Å². The number of hydrogen-bond donors (Lipinski definition) is 2. The van der Waals surface area contributed by atoms with E-state index in [9.17, 15) is 5.11 Å². The summed E-state index contributed by atoms with van der Waals surface area (Å²) in [6.45, 7) is 0. The molecule has 0 saturated heterocycles. The zero-order chi connectivity index (χ0) is 14.8. The molecular weight excluding hydrogens is 288 g/mol. The highest BCUT2D eigenvalue weighted by Crippen LogP contribution is 2.37. The highest BCUT2D eigenvalue weighted by atomic mass is 35.5. The summed E-state index contributed by atoms with van der Waals surface area (Å²) in [5.74, 6) is 0.846. The summed E-state index contributed by atoms with van der Waals surface area (Å²) in [5.41, 5.74) is 3.21. The maximum absolute atomic E-state index is 10.1. The van der Waals surface area contributed by atoms with Crippen LogP contribution in [0.3, 0.4) is 0 Å². The molecule has 0 spiro atoms. The molecule has 4 nitrogen and oxygen atoms in total. The number of phenols is 1. The van der Waals surface area contributed by atoms with E-state index in [-0.39, 0.29) is 5.75 Å². The first kappa shape index (κ1) is 13.5. The number of H-pyrrole nitrogens is 1. The summed E-state index contributed by atoms with van der Waals surface area (Å²) in [5, 5.41) is 17.8. The Morgan fingerprint density at radius 2 is 1.86 bits per heavy atom. The molecular formula is C16H13ClN2O2. The number of halogens is 1. The summed E-state index contributed by atoms with van der Waals surface area (Å²) < 4.78 is 5.21. The number of rotatable bonds is 3. The quantitative estimate of drug-likeness (QED) is 0.765. The number of aromatic amines is 1. The molecule has 0 bridgehead atoms. The molecule has 0 fully saturated rings. The normalized spacial score (nSPS) is 10.6. The number of nitrogens with one attached hydrogen (secondary N) is 1. The van der Waals surface area contributed by atoms with E-state index in [2.05, 4.69) is 10.2 Å². The summed E-state index contributed by atoms with van der Waals surface area (Å²) in [4.78, 5) is 0. The zero-order valence-corrected chi connectivity index (χ0v) is 12.1. The van der Waals surface area contributed by atoms with Gasteiger partial charge in [-0.2, -0.15) is 5.10 Å². The number of aromatic nitrogens is 2. The maximum atomic E-state index is 10.1. The van der Waals surface area contributed by atoms with Crippen molar-refractivity contribution in [2.24, 2.45) is 0 Å². The molecule has 0 unspecified atom stereocenters. The van der Waals surface area contributed by atoms with Gasteiger partial charge in [0.25, 0.3) is 0 Å². The van der Waals surface area contributed by atoms with Crippen molar-refractivity contribution in [2.45, 2.75) is 0 Å². The van der Waals surface area contributed by atoms with Gasteiger partial charge >= 0.3 is 0 Å². The van der Waals surface area contributed by atoms with Crippen molar-refractivity contribution >= 4 is 11.6 Å². The molecule has 3 rings (SSSR count). The zero-order valence-electron chi connectivity index (χ0n) is 11.3. The first-order valence-corrected chi connectivity index (χ1v) is 6.73. The predicted octanol–water partition coefficient (Wildman–Crippen LogP) is 4.11. The average Bonchev–Trinajstić information content (AvgIpc) is 2.98. The molecule has 1 aromatic heterocycles. The van der Waals surface area contributed by atoms with E-state index in [1.165, 1.54) is 0 Å². The van der Waals surface area contributed by atoms with E-state index in [0.717, 1.165) is 16.8 Å². The Hall–Kier alpha value is -2.46. The summed E-state index contributed by atoms with van der Waals surface area (Å²) >= 11 is 5.91. The van der Waals surface area contributed by atoms with Crippen molar-refractivity contribution in [1.82, 2.24) is 10.2 Å². The number of aromatic hydroxyl groups is 1. The Kier molecular flexibility index (Phi) is 3.54. The van der Waals surface area contributed by atoms with Gasteiger partial charge in [-0.15, -0.1) is 0 Å². The highest BCUT2D eigenvalue weighted by Gasteiger charge is 2.14. The minimum absolute atomic E-state index is 0.174. The van der Waals surface area contributed by atoms with Crippen molar-refractivity contribution in [3.8, 4) is 33.9 Å². The minimum atomic E-state index is 0.174. The van der Waals surface area contributed by atoms with Crippen LogP contribution in [0.25, 0.3) is 22.4 Å². The molecule has 0 radical (unpaired) electrons. The van der Waals surface area contributed by atoms with Crippen LogP contribution in [0.2, 0.25) is 5.02 Å². The van der Waals surface area contributed by atoms with Crippen molar-refractivity contribution in [2.75, 3.05) is 7.11 Å². The number of nitrogens with zero attached hydrogens (tertiary/aromatic N) is 1. The van der Waals surface area contributed by atoms with E-state index < -0.39 is 0 Å². The predicted molar refractivity (Wildman–Crippen MR) is 82.7 cm³/mol. The average molecular weight is 301 g/mol. The molecule has 1 heterocycles. The van der Waals surface area contributed by atoms with E-state index in [0.29, 0.717) is 16.3 Å². The molecule has 21 heavy (non-hydrogen) atoms. The summed E-state index contributed by atoms with van der Waals surface area (Å²) in [6, 6.07) is 12.5. The fourth-order valence-corrected chi connectivity index (χ4v) is 2.31. The van der Waals surface area contributed by atoms with E-state index in [4.69, 9.17) is 16.3 Å². The van der Waals surface area contributed by atoms with E-state index in [1.807, 2.05) is 24.3 Å². The van der Waals surface area contributed by atoms with Crippen LogP contribution in [0.1, 0.15) is 0 Å². The first-order valence-electron chi connectivity index (χ1n) is 6.35. The van der Waals surface area contributed by atoms with Gasteiger partial charge in [0.1, 0.15) is 11.5 Å². The number of hydrogen-bond acceptors (Lipinski definition) is 3. The molecule has 5 heteroatoms. The SMILES string of the molecule is COc1ccc(O)c(-c2cn[nH]c2-c2ccc(Cl)cc2)c1. The van der Waals surface area contributed by atoms with Crippen LogP contribution < -0.4 is 4.74 Å². The molecule has 3 aromatic rings. The first-order chi connectivity index (χ1) is 10.2. The summed E-state index contributed by atoms with van der Waals surface area (Å²) in [6.07, 6.45) is 1.68. The summed E-state index contributed by atoms with van der Waals surface area (Å²) in [7, 11) is 1.59. The smallest absolute Gasteiger partial charge is 0.123 e. The molecule has 0 aliphatic heterocycles. The number of methoxy groups -OCH3 is 1. The molecule has 0 atom stereocenters. The Morgan fingerprint density at radius 1 is 1.10 bits per heavy atom. The van der Waals surface area contributed by atoms with Crippen molar-refractivity contribution < 1.29 is 9.84 Å². The van der Waals surface area contributed by atoms with Gasteiger partial charge in [-0.05, 0) is 30.3 Å². The second-order valence-electron chi connectivity index (χ2n) is 4.55.